The average molecular weight is 795 g/mol. The number of hydrogen-bond donors (Lipinski definition) is 0. The Morgan fingerprint density at radius 3 is 1.51 bits per heavy atom. The quantitative estimate of drug-likeness (QED) is 0.156. The van der Waals surface area contributed by atoms with Gasteiger partial charge in [0.25, 0.3) is 0 Å². The van der Waals surface area contributed by atoms with Crippen LogP contribution in [0.15, 0.2) is 182 Å². The Morgan fingerprint density at radius 2 is 0.820 bits per heavy atom. The van der Waals surface area contributed by atoms with Crippen LogP contribution < -0.4 is 0 Å². The van der Waals surface area contributed by atoms with Crippen molar-refractivity contribution >= 4 is 63.8 Å². The zero-order valence-corrected chi connectivity index (χ0v) is 35.5. The lowest BCUT2D eigenvalue weighted by atomic mass is 9.80. The Kier molecular flexibility index (Phi) is 7.11. The van der Waals surface area contributed by atoms with Gasteiger partial charge in [-0.25, -0.2) is 0 Å². The second kappa shape index (κ2) is 12.4. The third kappa shape index (κ3) is 4.81. The second-order valence-corrected chi connectivity index (χ2v) is 19.4. The van der Waals surface area contributed by atoms with Crippen molar-refractivity contribution in [3.8, 4) is 55.6 Å². The van der Waals surface area contributed by atoms with Gasteiger partial charge >= 0.3 is 0 Å². The van der Waals surface area contributed by atoms with Crippen molar-refractivity contribution in [2.24, 2.45) is 0 Å². The van der Waals surface area contributed by atoms with E-state index in [4.69, 9.17) is 0 Å². The Bertz CT molecular complexity index is 3630. The van der Waals surface area contributed by atoms with Crippen molar-refractivity contribution in [2.75, 3.05) is 0 Å². The molecule has 0 spiro atoms. The zero-order valence-electron chi connectivity index (χ0n) is 34.7. The normalized spacial score (nSPS) is 14.5. The number of hydrogen-bond acceptors (Lipinski definition) is 1. The maximum atomic E-state index is 2.50. The Hall–Kier alpha value is -6.80. The van der Waals surface area contributed by atoms with Crippen LogP contribution in [0.5, 0.6) is 0 Å². The summed E-state index contributed by atoms with van der Waals surface area (Å²) in [5.41, 5.74) is 18.5. The van der Waals surface area contributed by atoms with E-state index in [1.807, 2.05) is 11.3 Å². The molecule has 0 amide bonds. The number of rotatable bonds is 3. The van der Waals surface area contributed by atoms with Crippen molar-refractivity contribution in [3.05, 3.63) is 204 Å². The van der Waals surface area contributed by atoms with Gasteiger partial charge < -0.3 is 0 Å². The summed E-state index contributed by atoms with van der Waals surface area (Å²) in [7, 11) is 0. The fourth-order valence-corrected chi connectivity index (χ4v) is 12.6. The predicted octanol–water partition coefficient (Wildman–Crippen LogP) is 17.1. The van der Waals surface area contributed by atoms with Crippen LogP contribution in [0.1, 0.15) is 49.9 Å². The molecule has 13 rings (SSSR count). The highest BCUT2D eigenvalue weighted by Crippen LogP contribution is 2.55. The van der Waals surface area contributed by atoms with Crippen molar-refractivity contribution in [1.29, 1.82) is 0 Å². The van der Waals surface area contributed by atoms with Gasteiger partial charge in [-0.15, -0.1) is 11.3 Å². The molecule has 0 fully saturated rings. The van der Waals surface area contributed by atoms with Gasteiger partial charge in [0, 0.05) is 31.0 Å². The van der Waals surface area contributed by atoms with Crippen molar-refractivity contribution in [3.63, 3.8) is 0 Å². The minimum Gasteiger partial charge on any atom is -0.135 e. The molecule has 0 bridgehead atoms. The van der Waals surface area contributed by atoms with Gasteiger partial charge in [0.1, 0.15) is 0 Å². The lowest BCUT2D eigenvalue weighted by Crippen LogP contribution is -2.15. The Morgan fingerprint density at radius 1 is 0.311 bits per heavy atom. The zero-order chi connectivity index (χ0) is 40.8. The third-order valence-corrected chi connectivity index (χ3v) is 15.7. The van der Waals surface area contributed by atoms with Gasteiger partial charge in [-0.05, 0) is 141 Å². The molecule has 2 aliphatic rings. The van der Waals surface area contributed by atoms with E-state index < -0.39 is 0 Å². The predicted molar refractivity (Wildman–Crippen MR) is 263 cm³/mol. The van der Waals surface area contributed by atoms with E-state index in [9.17, 15) is 0 Å². The first-order chi connectivity index (χ1) is 29.8. The molecule has 288 valence electrons. The van der Waals surface area contributed by atoms with Gasteiger partial charge in [-0.3, -0.25) is 0 Å². The molecule has 0 radical (unpaired) electrons. The third-order valence-electron chi connectivity index (χ3n) is 14.4. The summed E-state index contributed by atoms with van der Waals surface area (Å²) in [6, 6.07) is 68.9. The molecule has 0 saturated carbocycles. The standard InChI is InChI=1S/C60H42S/c1-59(2)51-29-25-37(38-23-26-42-49-33-50-47-28-22-35-14-8-9-17-40(35)58(47)61-55(50)34-54(49)60(3,4)52(42)31-38)30-48(51)41-27-24-39(32-53(41)59)57-45-20-12-10-18-43(45)56(36-15-6-5-7-16-36)44-19-11-13-21-46(44)57/h5-34H,1-4H3. The van der Waals surface area contributed by atoms with Crippen LogP contribution in [0.25, 0.3) is 108 Å². The molecule has 11 aromatic rings. The van der Waals surface area contributed by atoms with Crippen LogP contribution >= 0.6 is 11.3 Å². The largest absolute Gasteiger partial charge is 0.135 e. The molecule has 0 nitrogen and oxygen atoms in total. The van der Waals surface area contributed by atoms with Crippen LogP contribution in [-0.4, -0.2) is 0 Å². The topological polar surface area (TPSA) is 0 Å². The first kappa shape index (κ1) is 35.0. The monoisotopic (exact) mass is 794 g/mol. The highest BCUT2D eigenvalue weighted by Gasteiger charge is 2.38. The molecular formula is C60H42S. The van der Waals surface area contributed by atoms with E-state index in [1.54, 1.807) is 0 Å². The molecule has 2 aliphatic carbocycles. The summed E-state index contributed by atoms with van der Waals surface area (Å²) in [6.45, 7) is 9.64. The van der Waals surface area contributed by atoms with E-state index in [2.05, 4.69) is 210 Å². The highest BCUT2D eigenvalue weighted by atomic mass is 32.1. The minimum absolute atomic E-state index is 0.109. The molecular weight excluding hydrogens is 753 g/mol. The lowest BCUT2D eigenvalue weighted by Gasteiger charge is -2.23. The first-order valence-electron chi connectivity index (χ1n) is 21.6. The number of thiophene rings is 1. The molecule has 1 heterocycles. The van der Waals surface area contributed by atoms with Gasteiger partial charge in [0.2, 0.25) is 0 Å². The van der Waals surface area contributed by atoms with Crippen LogP contribution in [0.3, 0.4) is 0 Å². The summed E-state index contributed by atoms with van der Waals surface area (Å²) in [5, 5.41) is 10.5. The van der Waals surface area contributed by atoms with Crippen LogP contribution in [0.4, 0.5) is 0 Å². The van der Waals surface area contributed by atoms with Gasteiger partial charge in [-0.1, -0.05) is 179 Å². The molecule has 0 atom stereocenters. The minimum atomic E-state index is -0.139. The Balaban J connectivity index is 0.919. The molecule has 61 heavy (non-hydrogen) atoms. The fourth-order valence-electron chi connectivity index (χ4n) is 11.4. The first-order valence-corrected chi connectivity index (χ1v) is 22.4. The summed E-state index contributed by atoms with van der Waals surface area (Å²) in [4.78, 5) is 0. The summed E-state index contributed by atoms with van der Waals surface area (Å²) in [6.07, 6.45) is 0. The van der Waals surface area contributed by atoms with E-state index in [1.165, 1.54) is 130 Å². The maximum Gasteiger partial charge on any atom is 0.0433 e. The molecule has 1 heteroatoms. The molecule has 0 N–H and O–H groups in total. The molecule has 0 aliphatic heterocycles. The summed E-state index contributed by atoms with van der Waals surface area (Å²) in [5.74, 6) is 0. The highest BCUT2D eigenvalue weighted by molar-refractivity contribution is 7.26. The lowest BCUT2D eigenvalue weighted by molar-refractivity contribution is 0.660. The van der Waals surface area contributed by atoms with Crippen LogP contribution in [0, 0.1) is 0 Å². The fraction of sp³-hybridized carbons (Fsp3) is 0.100. The second-order valence-electron chi connectivity index (χ2n) is 18.4. The van der Waals surface area contributed by atoms with Crippen molar-refractivity contribution in [2.45, 2.75) is 38.5 Å². The van der Waals surface area contributed by atoms with Gasteiger partial charge in [-0.2, -0.15) is 0 Å². The van der Waals surface area contributed by atoms with Crippen LogP contribution in [0.2, 0.25) is 0 Å². The van der Waals surface area contributed by atoms with E-state index in [-0.39, 0.29) is 10.8 Å². The van der Waals surface area contributed by atoms with Gasteiger partial charge in [0.05, 0.1) is 0 Å². The van der Waals surface area contributed by atoms with E-state index in [0.717, 1.165) is 0 Å². The number of fused-ring (bicyclic) bond motifs is 13. The van der Waals surface area contributed by atoms with Gasteiger partial charge in [0.15, 0.2) is 0 Å². The smallest absolute Gasteiger partial charge is 0.0433 e. The molecule has 10 aromatic carbocycles. The van der Waals surface area contributed by atoms with E-state index >= 15 is 0 Å². The number of benzene rings is 10. The Labute approximate surface area is 360 Å². The van der Waals surface area contributed by atoms with E-state index in [0.29, 0.717) is 0 Å². The summed E-state index contributed by atoms with van der Waals surface area (Å²) < 4.78 is 2.77. The van der Waals surface area contributed by atoms with Crippen molar-refractivity contribution in [1.82, 2.24) is 0 Å². The molecule has 0 saturated heterocycles. The van der Waals surface area contributed by atoms with Crippen LogP contribution in [-0.2, 0) is 10.8 Å². The maximum absolute atomic E-state index is 2.50. The molecule has 0 unspecified atom stereocenters. The SMILES string of the molecule is CC1(C)c2ccc(-c3ccc4c(c3)C(C)(C)c3cc5sc6c7ccccc7ccc6c5cc3-4)cc2-c2ccc(-c3c4ccccc4c(-c4ccccc4)c4ccccc34)cc21. The summed E-state index contributed by atoms with van der Waals surface area (Å²) >= 11 is 1.94. The molecule has 1 aromatic heterocycles. The average Bonchev–Trinajstić information content (AvgIpc) is 3.86. The van der Waals surface area contributed by atoms with Crippen molar-refractivity contribution < 1.29 is 0 Å².